The molecule has 35 heavy (non-hydrogen) atoms. The fraction of sp³-hybridized carbons (Fsp3) is 0.222. The molecule has 0 heterocycles. The van der Waals surface area contributed by atoms with E-state index in [9.17, 15) is 14.4 Å². The Balaban J connectivity index is 1.56. The Hall–Kier alpha value is -4.17. The average molecular weight is 476 g/mol. The molecule has 0 radical (unpaired) electrons. The summed E-state index contributed by atoms with van der Waals surface area (Å²) in [5.41, 5.74) is 3.09. The lowest BCUT2D eigenvalue weighted by Crippen LogP contribution is -2.44. The zero-order valence-electron chi connectivity index (χ0n) is 19.8. The highest BCUT2D eigenvalue weighted by atomic mass is 16.5. The lowest BCUT2D eigenvalue weighted by molar-refractivity contribution is -0.124. The van der Waals surface area contributed by atoms with E-state index in [1.165, 1.54) is 12.0 Å². The van der Waals surface area contributed by atoms with Gasteiger partial charge in [0.25, 0.3) is 5.91 Å². The van der Waals surface area contributed by atoms with Crippen molar-refractivity contribution >= 4 is 23.4 Å². The minimum atomic E-state index is -0.444. The summed E-state index contributed by atoms with van der Waals surface area (Å²) in [4.78, 5) is 39.1. The number of methoxy groups -OCH3 is 2. The van der Waals surface area contributed by atoms with Crippen LogP contribution in [0.5, 0.6) is 5.75 Å². The van der Waals surface area contributed by atoms with Crippen molar-refractivity contribution < 1.29 is 23.9 Å². The Morgan fingerprint density at radius 2 is 1.46 bits per heavy atom. The molecule has 182 valence electrons. The van der Waals surface area contributed by atoms with Crippen molar-refractivity contribution in [3.8, 4) is 16.9 Å². The second kappa shape index (κ2) is 12.9. The molecule has 2 N–H and O–H groups in total. The third-order valence-electron chi connectivity index (χ3n) is 5.25. The van der Waals surface area contributed by atoms with Crippen LogP contribution < -0.4 is 15.4 Å². The summed E-state index contributed by atoms with van der Waals surface area (Å²) >= 11 is 0. The number of amides is 3. The SMILES string of the molecule is COCCN(CC(=O)NCC(=O)Nc1ccc(OC)cc1)C(=O)c1ccc(-c2ccccc2)cc1. The molecule has 3 aromatic carbocycles. The van der Waals surface area contributed by atoms with E-state index in [2.05, 4.69) is 10.6 Å². The van der Waals surface area contributed by atoms with E-state index in [-0.39, 0.29) is 38.1 Å². The van der Waals surface area contributed by atoms with Crippen LogP contribution in [-0.4, -0.2) is 63.1 Å². The van der Waals surface area contributed by atoms with Gasteiger partial charge in [-0.3, -0.25) is 14.4 Å². The largest absolute Gasteiger partial charge is 0.497 e. The predicted molar refractivity (Wildman–Crippen MR) is 134 cm³/mol. The van der Waals surface area contributed by atoms with Gasteiger partial charge >= 0.3 is 0 Å². The van der Waals surface area contributed by atoms with Crippen LogP contribution in [-0.2, 0) is 14.3 Å². The highest BCUT2D eigenvalue weighted by Gasteiger charge is 2.19. The van der Waals surface area contributed by atoms with Crippen molar-refractivity contribution in [3.63, 3.8) is 0 Å². The second-order valence-corrected chi connectivity index (χ2v) is 7.72. The number of nitrogens with zero attached hydrogens (tertiary/aromatic N) is 1. The highest BCUT2D eigenvalue weighted by Crippen LogP contribution is 2.20. The number of nitrogens with one attached hydrogen (secondary N) is 2. The van der Waals surface area contributed by atoms with Gasteiger partial charge in [0.1, 0.15) is 5.75 Å². The minimum Gasteiger partial charge on any atom is -0.497 e. The van der Waals surface area contributed by atoms with Gasteiger partial charge in [-0.2, -0.15) is 0 Å². The van der Waals surface area contributed by atoms with Crippen molar-refractivity contribution in [2.45, 2.75) is 0 Å². The molecule has 8 heteroatoms. The molecule has 0 aliphatic carbocycles. The molecule has 0 saturated carbocycles. The summed E-state index contributed by atoms with van der Waals surface area (Å²) in [5.74, 6) is -0.443. The van der Waals surface area contributed by atoms with E-state index in [0.29, 0.717) is 17.0 Å². The first kappa shape index (κ1) is 25.5. The first-order valence-electron chi connectivity index (χ1n) is 11.1. The number of anilines is 1. The molecule has 3 aromatic rings. The summed E-state index contributed by atoms with van der Waals surface area (Å²) < 4.78 is 10.2. The highest BCUT2D eigenvalue weighted by molar-refractivity contribution is 5.98. The Bertz CT molecular complexity index is 1120. The lowest BCUT2D eigenvalue weighted by atomic mass is 10.0. The van der Waals surface area contributed by atoms with Crippen molar-refractivity contribution in [3.05, 3.63) is 84.4 Å². The molecule has 0 aliphatic rings. The topological polar surface area (TPSA) is 97.0 Å². The lowest BCUT2D eigenvalue weighted by Gasteiger charge is -2.22. The molecular weight excluding hydrogens is 446 g/mol. The van der Waals surface area contributed by atoms with E-state index in [0.717, 1.165) is 11.1 Å². The molecule has 0 unspecified atom stereocenters. The Labute approximate surface area is 204 Å². The van der Waals surface area contributed by atoms with E-state index >= 15 is 0 Å². The third-order valence-corrected chi connectivity index (χ3v) is 5.25. The molecule has 0 aliphatic heterocycles. The van der Waals surface area contributed by atoms with Crippen molar-refractivity contribution in [2.24, 2.45) is 0 Å². The Kier molecular flexibility index (Phi) is 9.39. The van der Waals surface area contributed by atoms with Crippen LogP contribution in [0.3, 0.4) is 0 Å². The average Bonchev–Trinajstić information content (AvgIpc) is 2.90. The minimum absolute atomic E-state index is 0.196. The number of carbonyl (C=O) groups is 3. The van der Waals surface area contributed by atoms with Crippen molar-refractivity contribution in [1.82, 2.24) is 10.2 Å². The molecule has 0 fully saturated rings. The maximum absolute atomic E-state index is 13.1. The van der Waals surface area contributed by atoms with E-state index in [4.69, 9.17) is 9.47 Å². The van der Waals surface area contributed by atoms with Crippen molar-refractivity contribution in [1.29, 1.82) is 0 Å². The molecule has 8 nitrogen and oxygen atoms in total. The van der Waals surface area contributed by atoms with E-state index < -0.39 is 5.91 Å². The molecule has 0 bridgehead atoms. The summed E-state index contributed by atoms with van der Waals surface area (Å²) in [5, 5.41) is 5.25. The van der Waals surface area contributed by atoms with Crippen LogP contribution in [0.4, 0.5) is 5.69 Å². The van der Waals surface area contributed by atoms with E-state index in [1.807, 2.05) is 42.5 Å². The van der Waals surface area contributed by atoms with Crippen molar-refractivity contribution in [2.75, 3.05) is 45.8 Å². The van der Waals surface area contributed by atoms with Gasteiger partial charge in [0.15, 0.2) is 0 Å². The fourth-order valence-electron chi connectivity index (χ4n) is 3.36. The summed E-state index contributed by atoms with van der Waals surface area (Å²) in [7, 11) is 3.09. The maximum atomic E-state index is 13.1. The summed E-state index contributed by atoms with van der Waals surface area (Å²) in [6.45, 7) is 0.0989. The van der Waals surface area contributed by atoms with Gasteiger partial charge in [0, 0.05) is 24.9 Å². The number of hydrogen-bond donors (Lipinski definition) is 2. The van der Waals surface area contributed by atoms with Crippen LogP contribution in [0, 0.1) is 0 Å². The van der Waals surface area contributed by atoms with Crippen LogP contribution >= 0.6 is 0 Å². The van der Waals surface area contributed by atoms with Gasteiger partial charge in [-0.15, -0.1) is 0 Å². The standard InChI is InChI=1S/C27H29N3O5/c1-34-17-16-30(27(33)22-10-8-21(9-11-22)20-6-4-3-5-7-20)19-26(32)28-18-25(31)29-23-12-14-24(35-2)15-13-23/h3-15H,16-19H2,1-2H3,(H,28,32)(H,29,31). The van der Waals surface area contributed by atoms with Gasteiger partial charge < -0.3 is 25.0 Å². The zero-order valence-corrected chi connectivity index (χ0v) is 19.8. The van der Waals surface area contributed by atoms with Gasteiger partial charge in [0.2, 0.25) is 11.8 Å². The number of ether oxygens (including phenoxy) is 2. The van der Waals surface area contributed by atoms with Crippen LogP contribution in [0.15, 0.2) is 78.9 Å². The quantitative estimate of drug-likeness (QED) is 0.444. The van der Waals surface area contributed by atoms with Gasteiger partial charge in [0.05, 0.1) is 26.8 Å². The molecule has 0 atom stereocenters. The monoisotopic (exact) mass is 475 g/mol. The molecule has 3 amide bonds. The second-order valence-electron chi connectivity index (χ2n) is 7.72. The Morgan fingerprint density at radius 1 is 0.800 bits per heavy atom. The maximum Gasteiger partial charge on any atom is 0.254 e. The summed E-state index contributed by atoms with van der Waals surface area (Å²) in [6.07, 6.45) is 0. The number of hydrogen-bond acceptors (Lipinski definition) is 5. The van der Waals surface area contributed by atoms with Crippen LogP contribution in [0.2, 0.25) is 0 Å². The molecule has 0 saturated heterocycles. The Morgan fingerprint density at radius 3 is 2.09 bits per heavy atom. The molecule has 3 rings (SSSR count). The van der Waals surface area contributed by atoms with Gasteiger partial charge in [-0.05, 0) is 47.5 Å². The number of carbonyl (C=O) groups excluding carboxylic acids is 3. The number of rotatable bonds is 11. The molecular formula is C27H29N3O5. The first-order chi connectivity index (χ1) is 17.0. The molecule has 0 spiro atoms. The molecule has 0 aromatic heterocycles. The third kappa shape index (κ3) is 7.68. The van der Waals surface area contributed by atoms with Crippen LogP contribution in [0.1, 0.15) is 10.4 Å². The smallest absolute Gasteiger partial charge is 0.254 e. The summed E-state index contributed by atoms with van der Waals surface area (Å²) in [6, 6.07) is 23.9. The van der Waals surface area contributed by atoms with Gasteiger partial charge in [-0.25, -0.2) is 0 Å². The first-order valence-corrected chi connectivity index (χ1v) is 11.1. The normalized spacial score (nSPS) is 10.3. The number of benzene rings is 3. The fourth-order valence-corrected chi connectivity index (χ4v) is 3.36. The van der Waals surface area contributed by atoms with Gasteiger partial charge in [-0.1, -0.05) is 42.5 Å². The van der Waals surface area contributed by atoms with E-state index in [1.54, 1.807) is 43.5 Å². The zero-order chi connectivity index (χ0) is 25.0. The predicted octanol–water partition coefficient (Wildman–Crippen LogP) is 3.21. The van der Waals surface area contributed by atoms with Crippen LogP contribution in [0.25, 0.3) is 11.1 Å².